The summed E-state index contributed by atoms with van der Waals surface area (Å²) in [7, 11) is 1.43. The zero-order valence-electron chi connectivity index (χ0n) is 22.9. The molecule has 3 aromatic rings. The van der Waals surface area contributed by atoms with Crippen molar-refractivity contribution < 1.29 is 14.2 Å². The number of hydrogen-bond donors (Lipinski definition) is 3. The Morgan fingerprint density at radius 3 is 2.85 bits per heavy atom. The molecule has 1 unspecified atom stereocenters. The summed E-state index contributed by atoms with van der Waals surface area (Å²) >= 11 is 0. The highest BCUT2D eigenvalue weighted by Gasteiger charge is 2.43. The van der Waals surface area contributed by atoms with E-state index in [1.807, 2.05) is 0 Å². The van der Waals surface area contributed by atoms with Crippen LogP contribution < -0.4 is 21.1 Å². The molecule has 0 bridgehead atoms. The molecule has 1 aromatic carbocycles. The average Bonchev–Trinajstić information content (AvgIpc) is 3.51. The summed E-state index contributed by atoms with van der Waals surface area (Å²) < 4.78 is 22.8. The lowest BCUT2D eigenvalue weighted by Gasteiger charge is -2.47. The Hall–Kier alpha value is -4.09. The zero-order chi connectivity index (χ0) is 28.6. The average molecular weight is 553 g/mol. The standard InChI is InChI=1S/C26H33FN10O3/c1-15(38)14-40-22-9-19(27)20(10-21(22)37-25(39)35(4)33-34-37)31-24-29-13-16(12-28)23(32-24)30-17-8-18-6-5-7-36(18)26(2,3)11-17/h9-10,13,15,17-18,38H,5-8,11,14H2,1-4H3,(H2,29,30,31,32)/t15?,17-,18+/m1/s1. The maximum atomic E-state index is 15.2. The van der Waals surface area contributed by atoms with Crippen LogP contribution in [0, 0.1) is 17.1 Å². The Morgan fingerprint density at radius 2 is 2.15 bits per heavy atom. The summed E-state index contributed by atoms with van der Waals surface area (Å²) in [5.74, 6) is -0.280. The molecule has 212 valence electrons. The van der Waals surface area contributed by atoms with Crippen LogP contribution in [0.25, 0.3) is 5.69 Å². The van der Waals surface area contributed by atoms with E-state index in [1.165, 1.54) is 32.7 Å². The number of rotatable bonds is 8. The number of nitriles is 1. The third-order valence-corrected chi connectivity index (χ3v) is 7.43. The van der Waals surface area contributed by atoms with Gasteiger partial charge in [-0.1, -0.05) is 0 Å². The fourth-order valence-corrected chi connectivity index (χ4v) is 5.66. The Kier molecular flexibility index (Phi) is 7.43. The number of aliphatic hydroxyl groups excluding tert-OH is 1. The van der Waals surface area contributed by atoms with Gasteiger partial charge in [0.05, 0.1) is 18.0 Å². The molecule has 0 spiro atoms. The van der Waals surface area contributed by atoms with E-state index in [-0.39, 0.29) is 46.8 Å². The van der Waals surface area contributed by atoms with E-state index in [0.717, 1.165) is 41.2 Å². The van der Waals surface area contributed by atoms with Crippen LogP contribution in [0.3, 0.4) is 0 Å². The van der Waals surface area contributed by atoms with E-state index in [0.29, 0.717) is 11.9 Å². The Balaban J connectivity index is 1.44. The van der Waals surface area contributed by atoms with Crippen LogP contribution >= 0.6 is 0 Å². The Labute approximate surface area is 230 Å². The number of fused-ring (bicyclic) bond motifs is 1. The molecule has 0 radical (unpaired) electrons. The van der Waals surface area contributed by atoms with Gasteiger partial charge in [0.1, 0.15) is 35.5 Å². The van der Waals surface area contributed by atoms with Gasteiger partial charge in [-0.25, -0.2) is 14.2 Å². The number of halogens is 1. The van der Waals surface area contributed by atoms with Crippen molar-refractivity contribution in [3.05, 3.63) is 40.2 Å². The number of tetrazole rings is 1. The molecule has 0 aliphatic carbocycles. The van der Waals surface area contributed by atoms with Crippen molar-refractivity contribution in [1.82, 2.24) is 34.7 Å². The largest absolute Gasteiger partial charge is 0.489 e. The molecule has 2 aromatic heterocycles. The number of hydrogen-bond acceptors (Lipinski definition) is 11. The van der Waals surface area contributed by atoms with Crippen molar-refractivity contribution in [3.8, 4) is 17.5 Å². The highest BCUT2D eigenvalue weighted by Crippen LogP contribution is 2.39. The molecular weight excluding hydrogens is 519 g/mol. The van der Waals surface area contributed by atoms with E-state index in [2.05, 4.69) is 55.8 Å². The minimum atomic E-state index is -0.822. The van der Waals surface area contributed by atoms with E-state index in [9.17, 15) is 15.2 Å². The van der Waals surface area contributed by atoms with Gasteiger partial charge in [0.25, 0.3) is 0 Å². The minimum Gasteiger partial charge on any atom is -0.489 e. The lowest BCUT2D eigenvalue weighted by atomic mass is 9.84. The molecule has 40 heavy (non-hydrogen) atoms. The summed E-state index contributed by atoms with van der Waals surface area (Å²) in [5, 5.41) is 33.2. The van der Waals surface area contributed by atoms with Gasteiger partial charge >= 0.3 is 5.69 Å². The smallest absolute Gasteiger partial charge is 0.368 e. The number of anilines is 3. The number of piperidine rings is 1. The SMILES string of the molecule is CC(O)COc1cc(F)c(Nc2ncc(C#N)c(N[C@@H]3C[C@@H]4CCCN4C(C)(C)C3)n2)cc1-n1nnn(C)c1=O. The second kappa shape index (κ2) is 10.8. The number of ether oxygens (including phenoxy) is 1. The number of nitrogens with one attached hydrogen (secondary N) is 2. The topological polar surface area (TPSA) is 159 Å². The lowest BCUT2D eigenvalue weighted by molar-refractivity contribution is 0.0501. The van der Waals surface area contributed by atoms with Gasteiger partial charge in [-0.3, -0.25) is 4.90 Å². The van der Waals surface area contributed by atoms with Gasteiger partial charge in [0.2, 0.25) is 5.95 Å². The molecule has 2 aliphatic heterocycles. The van der Waals surface area contributed by atoms with E-state index in [1.54, 1.807) is 0 Å². The summed E-state index contributed by atoms with van der Waals surface area (Å²) in [6, 6.07) is 5.14. The van der Waals surface area contributed by atoms with Crippen molar-refractivity contribution in [2.24, 2.45) is 7.05 Å². The number of aryl methyl sites for hydroxylation is 1. The molecule has 0 saturated carbocycles. The Morgan fingerprint density at radius 1 is 1.35 bits per heavy atom. The van der Waals surface area contributed by atoms with Gasteiger partial charge in [0, 0.05) is 30.7 Å². The van der Waals surface area contributed by atoms with Crippen molar-refractivity contribution in [2.45, 2.75) is 70.2 Å². The maximum absolute atomic E-state index is 15.2. The summed E-state index contributed by atoms with van der Waals surface area (Å²) in [6.45, 7) is 6.99. The quantitative estimate of drug-likeness (QED) is 0.376. The van der Waals surface area contributed by atoms with E-state index >= 15 is 4.39 Å². The van der Waals surface area contributed by atoms with Crippen molar-refractivity contribution in [2.75, 3.05) is 23.8 Å². The van der Waals surface area contributed by atoms with Crippen LogP contribution in [-0.4, -0.2) is 76.6 Å². The van der Waals surface area contributed by atoms with Crippen molar-refractivity contribution >= 4 is 17.5 Å². The molecule has 5 rings (SSSR count). The third kappa shape index (κ3) is 5.47. The van der Waals surface area contributed by atoms with Gasteiger partial charge in [-0.15, -0.1) is 0 Å². The van der Waals surface area contributed by atoms with Crippen LogP contribution in [0.15, 0.2) is 23.1 Å². The van der Waals surface area contributed by atoms with Crippen LogP contribution in [0.5, 0.6) is 5.75 Å². The monoisotopic (exact) mass is 552 g/mol. The summed E-state index contributed by atoms with van der Waals surface area (Å²) in [4.78, 5) is 23.8. The molecule has 13 nitrogen and oxygen atoms in total. The van der Waals surface area contributed by atoms with Crippen LogP contribution in [-0.2, 0) is 7.05 Å². The van der Waals surface area contributed by atoms with Gasteiger partial charge in [-0.05, 0) is 69.5 Å². The predicted octanol–water partition coefficient (Wildman–Crippen LogP) is 2.09. The van der Waals surface area contributed by atoms with Gasteiger partial charge in [0.15, 0.2) is 5.82 Å². The number of aliphatic hydroxyl groups is 1. The summed E-state index contributed by atoms with van der Waals surface area (Å²) in [6.07, 6.45) is 4.73. The predicted molar refractivity (Wildman–Crippen MR) is 144 cm³/mol. The first kappa shape index (κ1) is 27.5. The van der Waals surface area contributed by atoms with Crippen LogP contribution in [0.4, 0.5) is 21.8 Å². The molecule has 2 saturated heterocycles. The first-order valence-corrected chi connectivity index (χ1v) is 13.3. The number of nitrogens with zero attached hydrogens (tertiary/aromatic N) is 8. The molecule has 3 atom stereocenters. The minimum absolute atomic E-state index is 0.00415. The second-order valence-electron chi connectivity index (χ2n) is 11.0. The fraction of sp³-hybridized carbons (Fsp3) is 0.538. The van der Waals surface area contributed by atoms with Crippen molar-refractivity contribution in [3.63, 3.8) is 0 Å². The third-order valence-electron chi connectivity index (χ3n) is 7.43. The first-order valence-electron chi connectivity index (χ1n) is 13.3. The normalized spacial score (nSPS) is 20.9. The second-order valence-corrected chi connectivity index (χ2v) is 11.0. The lowest BCUT2D eigenvalue weighted by Crippen LogP contribution is -2.55. The van der Waals surface area contributed by atoms with E-state index in [4.69, 9.17) is 4.74 Å². The summed E-state index contributed by atoms with van der Waals surface area (Å²) in [5.41, 5.74) is -0.204. The molecule has 4 heterocycles. The fourth-order valence-electron chi connectivity index (χ4n) is 5.66. The maximum Gasteiger partial charge on any atom is 0.368 e. The highest BCUT2D eigenvalue weighted by atomic mass is 19.1. The van der Waals surface area contributed by atoms with Gasteiger partial charge in [-0.2, -0.15) is 19.6 Å². The molecule has 3 N–H and O–H groups in total. The van der Waals surface area contributed by atoms with Crippen LogP contribution in [0.2, 0.25) is 0 Å². The molecular formula is C26H33FN10O3. The van der Waals surface area contributed by atoms with E-state index < -0.39 is 17.6 Å². The Bertz CT molecular complexity index is 1490. The molecule has 2 fully saturated rings. The van der Waals surface area contributed by atoms with Crippen LogP contribution in [0.1, 0.15) is 52.0 Å². The molecule has 2 aliphatic rings. The molecule has 0 amide bonds. The highest BCUT2D eigenvalue weighted by molar-refractivity contribution is 5.64. The zero-order valence-corrected chi connectivity index (χ0v) is 22.9. The number of aromatic nitrogens is 6. The van der Waals surface area contributed by atoms with Gasteiger partial charge < -0.3 is 20.5 Å². The van der Waals surface area contributed by atoms with Crippen molar-refractivity contribution in [1.29, 1.82) is 5.26 Å². The first-order chi connectivity index (χ1) is 19.1. The number of benzene rings is 1. The molecule has 14 heteroatoms.